The van der Waals surface area contributed by atoms with Crippen LogP contribution in [0.4, 0.5) is 0 Å². The molecule has 1 saturated carbocycles. The highest BCUT2D eigenvalue weighted by atomic mass is 32.2. The van der Waals surface area contributed by atoms with Gasteiger partial charge in [-0.2, -0.15) is 16.9 Å². The summed E-state index contributed by atoms with van der Waals surface area (Å²) in [5.41, 5.74) is 1.17. The highest BCUT2D eigenvalue weighted by Crippen LogP contribution is 2.31. The maximum absolute atomic E-state index is 12.8. The Labute approximate surface area is 143 Å². The lowest BCUT2D eigenvalue weighted by Crippen LogP contribution is -2.43. The molecule has 1 saturated heterocycles. The molecule has 1 amide bonds. The van der Waals surface area contributed by atoms with Gasteiger partial charge in [0.15, 0.2) is 0 Å². The van der Waals surface area contributed by atoms with Crippen molar-refractivity contribution < 1.29 is 4.79 Å². The maximum atomic E-state index is 12.8. The van der Waals surface area contributed by atoms with Crippen LogP contribution in [0.15, 0.2) is 12.4 Å². The first-order valence-electron chi connectivity index (χ1n) is 8.78. The van der Waals surface area contributed by atoms with Crippen LogP contribution in [0.5, 0.6) is 0 Å². The zero-order valence-corrected chi connectivity index (χ0v) is 14.9. The fraction of sp³-hybridized carbons (Fsp3) is 0.765. The van der Waals surface area contributed by atoms with E-state index in [1.807, 2.05) is 35.9 Å². The lowest BCUT2D eigenvalue weighted by molar-refractivity contribution is -0.125. The van der Waals surface area contributed by atoms with Crippen LogP contribution in [0.3, 0.4) is 0 Å². The normalized spacial score (nSPS) is 31.2. The number of nitrogens with zero attached hydrogens (tertiary/aromatic N) is 2. The molecule has 128 valence electrons. The van der Waals surface area contributed by atoms with Crippen molar-refractivity contribution in [3.8, 4) is 0 Å². The number of rotatable bonds is 5. The van der Waals surface area contributed by atoms with Crippen LogP contribution in [0.2, 0.25) is 0 Å². The summed E-state index contributed by atoms with van der Waals surface area (Å²) < 4.78 is 1.82. The number of amides is 1. The van der Waals surface area contributed by atoms with Crippen molar-refractivity contribution in [2.45, 2.75) is 49.8 Å². The first kappa shape index (κ1) is 16.8. The second-order valence-corrected chi connectivity index (χ2v) is 8.35. The van der Waals surface area contributed by atoms with E-state index in [1.54, 1.807) is 0 Å². The summed E-state index contributed by atoms with van der Waals surface area (Å²) in [5.74, 6) is 1.66. The van der Waals surface area contributed by atoms with E-state index in [-0.39, 0.29) is 17.7 Å². The van der Waals surface area contributed by atoms with Crippen molar-refractivity contribution in [3.05, 3.63) is 18.0 Å². The van der Waals surface area contributed by atoms with E-state index in [9.17, 15) is 4.79 Å². The smallest absolute Gasteiger partial charge is 0.225 e. The molecule has 0 bridgehead atoms. The minimum absolute atomic E-state index is 0.0263. The van der Waals surface area contributed by atoms with Crippen molar-refractivity contribution in [2.75, 3.05) is 18.8 Å². The average Bonchev–Trinajstić information content (AvgIpc) is 3.16. The van der Waals surface area contributed by atoms with Gasteiger partial charge in [0.1, 0.15) is 0 Å². The Bertz CT molecular complexity index is 530. The molecule has 2 heterocycles. The van der Waals surface area contributed by atoms with Crippen LogP contribution < -0.4 is 10.6 Å². The molecule has 0 radical (unpaired) electrons. The molecule has 2 N–H and O–H groups in total. The van der Waals surface area contributed by atoms with Gasteiger partial charge in [-0.15, -0.1) is 0 Å². The van der Waals surface area contributed by atoms with Crippen molar-refractivity contribution in [1.29, 1.82) is 0 Å². The molecule has 1 aliphatic heterocycles. The summed E-state index contributed by atoms with van der Waals surface area (Å²) in [6.45, 7) is 3.85. The number of aryl methyl sites for hydroxylation is 1. The maximum Gasteiger partial charge on any atom is 0.225 e. The summed E-state index contributed by atoms with van der Waals surface area (Å²) in [4.78, 5) is 12.8. The molecule has 2 aliphatic rings. The van der Waals surface area contributed by atoms with Crippen LogP contribution in [0.1, 0.15) is 44.1 Å². The fourth-order valence-electron chi connectivity index (χ4n) is 3.91. The average molecular weight is 337 g/mol. The molecule has 0 aromatic carbocycles. The first-order chi connectivity index (χ1) is 11.2. The Morgan fingerprint density at radius 2 is 2.35 bits per heavy atom. The molecule has 0 spiro atoms. The number of hydrogen-bond acceptors (Lipinski definition) is 4. The van der Waals surface area contributed by atoms with Gasteiger partial charge in [-0.25, -0.2) is 0 Å². The highest BCUT2D eigenvalue weighted by molar-refractivity contribution is 7.99. The third-order valence-corrected chi connectivity index (χ3v) is 6.31. The summed E-state index contributed by atoms with van der Waals surface area (Å²) in [5, 5.41) is 11.7. The van der Waals surface area contributed by atoms with Crippen LogP contribution in [0.25, 0.3) is 0 Å². The number of thioether (sulfide) groups is 1. The lowest BCUT2D eigenvalue weighted by Gasteiger charge is -2.30. The molecule has 5 nitrogen and oxygen atoms in total. The Hall–Kier alpha value is -1.01. The number of carbonyl (C=O) groups excluding carboxylic acids is 1. The highest BCUT2D eigenvalue weighted by Gasteiger charge is 2.36. The zero-order valence-electron chi connectivity index (χ0n) is 14.1. The largest absolute Gasteiger partial charge is 0.353 e. The Morgan fingerprint density at radius 3 is 3.09 bits per heavy atom. The van der Waals surface area contributed by atoms with Crippen LogP contribution in [-0.4, -0.2) is 45.8 Å². The Balaban J connectivity index is 1.58. The van der Waals surface area contributed by atoms with Gasteiger partial charge in [0, 0.05) is 43.5 Å². The molecule has 2 fully saturated rings. The summed E-state index contributed by atoms with van der Waals surface area (Å²) in [6, 6.07) is 0.357. The van der Waals surface area contributed by atoms with E-state index < -0.39 is 0 Å². The molecule has 4 atom stereocenters. The Kier molecular flexibility index (Phi) is 5.64. The van der Waals surface area contributed by atoms with Gasteiger partial charge in [0.25, 0.3) is 0 Å². The van der Waals surface area contributed by atoms with Crippen molar-refractivity contribution in [3.63, 3.8) is 0 Å². The van der Waals surface area contributed by atoms with E-state index in [1.165, 1.54) is 24.2 Å². The van der Waals surface area contributed by atoms with Gasteiger partial charge < -0.3 is 10.6 Å². The fourth-order valence-corrected chi connectivity index (χ4v) is 5.08. The minimum atomic E-state index is 0.0263. The lowest BCUT2D eigenvalue weighted by atomic mass is 9.89. The molecule has 3 rings (SSSR count). The third-order valence-electron chi connectivity index (χ3n) is 5.08. The van der Waals surface area contributed by atoms with Crippen LogP contribution in [0, 0.1) is 5.92 Å². The van der Waals surface area contributed by atoms with Crippen molar-refractivity contribution in [2.24, 2.45) is 13.0 Å². The molecule has 1 aromatic heterocycles. The summed E-state index contributed by atoms with van der Waals surface area (Å²) in [7, 11) is 1.93. The number of carbonyl (C=O) groups is 1. The summed E-state index contributed by atoms with van der Waals surface area (Å²) in [6.07, 6.45) is 8.72. The quantitative estimate of drug-likeness (QED) is 0.862. The van der Waals surface area contributed by atoms with Crippen LogP contribution >= 0.6 is 11.8 Å². The summed E-state index contributed by atoms with van der Waals surface area (Å²) >= 11 is 2.04. The van der Waals surface area contributed by atoms with E-state index in [0.717, 1.165) is 31.2 Å². The standard InChI is InChI=1S/C17H28N4OS/c1-3-23-14-6-4-5-13(7-14)20-17(22)16-10-18-9-15(16)12-8-19-21(2)11-12/h8,11,13-16,18H,3-7,9-10H2,1-2H3,(H,20,22)/t13?,14?,15-,16+/m1/s1. The van der Waals surface area contributed by atoms with Crippen molar-refractivity contribution in [1.82, 2.24) is 20.4 Å². The van der Waals surface area contributed by atoms with Gasteiger partial charge in [-0.1, -0.05) is 13.3 Å². The van der Waals surface area contributed by atoms with E-state index in [4.69, 9.17) is 0 Å². The van der Waals surface area contributed by atoms with Crippen LogP contribution in [-0.2, 0) is 11.8 Å². The Morgan fingerprint density at radius 1 is 1.48 bits per heavy atom. The molecule has 1 aliphatic carbocycles. The molecule has 6 heteroatoms. The van der Waals surface area contributed by atoms with Gasteiger partial charge >= 0.3 is 0 Å². The predicted octanol–water partition coefficient (Wildman–Crippen LogP) is 1.90. The SMILES string of the molecule is CCSC1CCCC(NC(=O)[C@H]2CNC[C@@H]2c2cnn(C)c2)C1. The third kappa shape index (κ3) is 4.10. The topological polar surface area (TPSA) is 59.0 Å². The van der Waals surface area contributed by atoms with Crippen molar-refractivity contribution >= 4 is 17.7 Å². The number of aromatic nitrogens is 2. The van der Waals surface area contributed by atoms with E-state index in [0.29, 0.717) is 6.04 Å². The zero-order chi connectivity index (χ0) is 16.2. The van der Waals surface area contributed by atoms with Gasteiger partial charge in [0.2, 0.25) is 5.91 Å². The molecule has 23 heavy (non-hydrogen) atoms. The van der Waals surface area contributed by atoms with Gasteiger partial charge in [-0.05, 0) is 30.6 Å². The van der Waals surface area contributed by atoms with Gasteiger partial charge in [-0.3, -0.25) is 9.48 Å². The monoisotopic (exact) mass is 336 g/mol. The predicted molar refractivity (Wildman–Crippen MR) is 94.6 cm³/mol. The number of nitrogens with one attached hydrogen (secondary N) is 2. The number of hydrogen-bond donors (Lipinski definition) is 2. The first-order valence-corrected chi connectivity index (χ1v) is 9.83. The van der Waals surface area contributed by atoms with E-state index in [2.05, 4.69) is 22.7 Å². The molecular weight excluding hydrogens is 308 g/mol. The molecule has 2 unspecified atom stereocenters. The minimum Gasteiger partial charge on any atom is -0.353 e. The van der Waals surface area contributed by atoms with E-state index >= 15 is 0 Å². The van der Waals surface area contributed by atoms with Gasteiger partial charge in [0.05, 0.1) is 12.1 Å². The second-order valence-electron chi connectivity index (χ2n) is 6.77. The molecular formula is C17H28N4OS. The molecule has 1 aromatic rings. The second kappa shape index (κ2) is 7.71.